The molecule has 0 bridgehead atoms. The fraction of sp³-hybridized carbons (Fsp3) is 0.571. The van der Waals surface area contributed by atoms with Gasteiger partial charge in [-0.05, 0) is 12.6 Å². The van der Waals surface area contributed by atoms with E-state index in [1.165, 1.54) is 5.56 Å². The van der Waals surface area contributed by atoms with E-state index in [0.29, 0.717) is 6.04 Å². The van der Waals surface area contributed by atoms with Crippen LogP contribution in [-0.2, 0) is 4.74 Å². The Bertz CT molecular complexity index is 333. The van der Waals surface area contributed by atoms with Gasteiger partial charge in [-0.2, -0.15) is 11.8 Å². The monoisotopic (exact) mass is 269 g/mol. The van der Waals surface area contributed by atoms with Crippen molar-refractivity contribution in [1.29, 1.82) is 0 Å². The molecule has 0 aliphatic heterocycles. The van der Waals surface area contributed by atoms with Crippen LogP contribution in [0.5, 0.6) is 5.75 Å². The number of nitrogens with one attached hydrogen (secondary N) is 1. The lowest BCUT2D eigenvalue weighted by atomic mass is 10.1. The topological polar surface area (TPSA) is 30.5 Å². The molecule has 0 aromatic heterocycles. The second-order valence-electron chi connectivity index (χ2n) is 3.92. The maximum Gasteiger partial charge on any atom is 0.123 e. The highest BCUT2D eigenvalue weighted by atomic mass is 32.2. The fourth-order valence-electron chi connectivity index (χ4n) is 1.80. The van der Waals surface area contributed by atoms with Gasteiger partial charge in [-0.1, -0.05) is 25.1 Å². The van der Waals surface area contributed by atoms with Crippen LogP contribution in [0.15, 0.2) is 24.3 Å². The molecule has 1 atom stereocenters. The number of benzene rings is 1. The third kappa shape index (κ3) is 4.88. The van der Waals surface area contributed by atoms with Crippen LogP contribution in [0.25, 0.3) is 0 Å². The van der Waals surface area contributed by atoms with Crippen molar-refractivity contribution in [3.8, 4) is 5.75 Å². The molecule has 0 spiro atoms. The van der Waals surface area contributed by atoms with E-state index in [1.54, 1.807) is 14.2 Å². The molecule has 0 heterocycles. The van der Waals surface area contributed by atoms with E-state index in [1.807, 2.05) is 23.9 Å². The molecule has 0 aliphatic carbocycles. The zero-order chi connectivity index (χ0) is 13.2. The third-order valence-electron chi connectivity index (χ3n) is 2.68. The number of para-hydroxylation sites is 1. The second kappa shape index (κ2) is 9.25. The molecule has 18 heavy (non-hydrogen) atoms. The molecular formula is C14H23NO2S. The van der Waals surface area contributed by atoms with Gasteiger partial charge in [0.25, 0.3) is 0 Å². The molecular weight excluding hydrogens is 246 g/mol. The molecule has 1 aromatic carbocycles. The predicted octanol–water partition coefficient (Wildman–Crippen LogP) is 2.73. The van der Waals surface area contributed by atoms with Crippen LogP contribution in [0.4, 0.5) is 0 Å². The van der Waals surface area contributed by atoms with Crippen molar-refractivity contribution < 1.29 is 9.47 Å². The summed E-state index contributed by atoms with van der Waals surface area (Å²) in [5, 5.41) is 3.51. The van der Waals surface area contributed by atoms with Gasteiger partial charge in [0.2, 0.25) is 0 Å². The lowest BCUT2D eigenvalue weighted by Crippen LogP contribution is -2.23. The minimum absolute atomic E-state index is 0.327. The van der Waals surface area contributed by atoms with E-state index in [-0.39, 0.29) is 0 Å². The van der Waals surface area contributed by atoms with Crippen molar-refractivity contribution in [1.82, 2.24) is 5.32 Å². The van der Waals surface area contributed by atoms with E-state index < -0.39 is 0 Å². The molecule has 1 N–H and O–H groups in total. The first-order valence-corrected chi connectivity index (χ1v) is 7.41. The van der Waals surface area contributed by atoms with Crippen LogP contribution in [0.2, 0.25) is 0 Å². The number of hydrogen-bond acceptors (Lipinski definition) is 4. The lowest BCUT2D eigenvalue weighted by molar-refractivity contribution is 0.218. The summed E-state index contributed by atoms with van der Waals surface area (Å²) < 4.78 is 10.5. The Labute approximate surface area is 114 Å². The Balaban J connectivity index is 2.64. The Kier molecular flexibility index (Phi) is 7.89. The van der Waals surface area contributed by atoms with Crippen LogP contribution < -0.4 is 10.1 Å². The van der Waals surface area contributed by atoms with Gasteiger partial charge in [0.15, 0.2) is 0 Å². The van der Waals surface area contributed by atoms with Crippen LogP contribution in [-0.4, -0.2) is 38.9 Å². The number of hydrogen-bond donors (Lipinski definition) is 1. The zero-order valence-corrected chi connectivity index (χ0v) is 12.3. The highest BCUT2D eigenvalue weighted by Crippen LogP contribution is 2.27. The predicted molar refractivity (Wildman–Crippen MR) is 78.6 cm³/mol. The summed E-state index contributed by atoms with van der Waals surface area (Å²) in [6.07, 6.45) is 0. The highest BCUT2D eigenvalue weighted by Gasteiger charge is 2.14. The molecule has 1 unspecified atom stereocenters. The summed E-state index contributed by atoms with van der Waals surface area (Å²) in [6.45, 7) is 3.88. The van der Waals surface area contributed by atoms with Crippen LogP contribution in [0.3, 0.4) is 0 Å². The van der Waals surface area contributed by atoms with Crippen molar-refractivity contribution in [2.75, 3.05) is 38.9 Å². The van der Waals surface area contributed by atoms with Gasteiger partial charge in [0.1, 0.15) is 5.75 Å². The summed E-state index contributed by atoms with van der Waals surface area (Å²) in [5.41, 5.74) is 1.23. The largest absolute Gasteiger partial charge is 0.496 e. The first-order chi connectivity index (χ1) is 8.83. The van der Waals surface area contributed by atoms with Gasteiger partial charge in [0, 0.05) is 30.2 Å². The van der Waals surface area contributed by atoms with E-state index in [4.69, 9.17) is 9.47 Å². The van der Waals surface area contributed by atoms with Crippen molar-refractivity contribution in [3.63, 3.8) is 0 Å². The second-order valence-corrected chi connectivity index (χ2v) is 5.07. The molecule has 0 radical (unpaired) electrons. The van der Waals surface area contributed by atoms with Gasteiger partial charge in [-0.3, -0.25) is 0 Å². The first-order valence-electron chi connectivity index (χ1n) is 6.26. The average Bonchev–Trinajstić information content (AvgIpc) is 2.42. The zero-order valence-electron chi connectivity index (χ0n) is 11.4. The summed E-state index contributed by atoms with van der Waals surface area (Å²) in [5.74, 6) is 3.00. The maximum atomic E-state index is 5.43. The van der Waals surface area contributed by atoms with E-state index in [0.717, 1.165) is 30.4 Å². The Morgan fingerprint density at radius 3 is 2.72 bits per heavy atom. The van der Waals surface area contributed by atoms with Crippen molar-refractivity contribution >= 4 is 11.8 Å². The highest BCUT2D eigenvalue weighted by molar-refractivity contribution is 7.99. The fourth-order valence-corrected chi connectivity index (χ4v) is 2.79. The Hall–Kier alpha value is -0.710. The van der Waals surface area contributed by atoms with Crippen molar-refractivity contribution in [2.24, 2.45) is 0 Å². The molecule has 3 nitrogen and oxygen atoms in total. The van der Waals surface area contributed by atoms with Gasteiger partial charge in [-0.15, -0.1) is 0 Å². The molecule has 0 aliphatic rings. The average molecular weight is 269 g/mol. The first kappa shape index (κ1) is 15.3. The van der Waals surface area contributed by atoms with E-state index in [2.05, 4.69) is 24.4 Å². The Morgan fingerprint density at radius 1 is 1.28 bits per heavy atom. The molecule has 102 valence electrons. The summed E-state index contributed by atoms with van der Waals surface area (Å²) in [7, 11) is 3.46. The molecule has 0 fully saturated rings. The molecule has 1 rings (SSSR count). The number of thioether (sulfide) groups is 1. The van der Waals surface area contributed by atoms with Crippen LogP contribution in [0.1, 0.15) is 18.5 Å². The van der Waals surface area contributed by atoms with Gasteiger partial charge >= 0.3 is 0 Å². The van der Waals surface area contributed by atoms with Crippen LogP contribution in [0, 0.1) is 0 Å². The molecule has 0 saturated heterocycles. The molecule has 4 heteroatoms. The number of methoxy groups -OCH3 is 2. The lowest BCUT2D eigenvalue weighted by Gasteiger charge is -2.20. The maximum absolute atomic E-state index is 5.43. The van der Waals surface area contributed by atoms with Gasteiger partial charge in [0.05, 0.1) is 13.7 Å². The smallest absolute Gasteiger partial charge is 0.123 e. The minimum atomic E-state index is 0.327. The summed E-state index contributed by atoms with van der Waals surface area (Å²) in [6, 6.07) is 8.53. The molecule has 0 saturated carbocycles. The quantitative estimate of drug-likeness (QED) is 0.698. The minimum Gasteiger partial charge on any atom is -0.496 e. The van der Waals surface area contributed by atoms with E-state index in [9.17, 15) is 0 Å². The van der Waals surface area contributed by atoms with E-state index >= 15 is 0 Å². The normalized spacial score (nSPS) is 12.4. The third-order valence-corrected chi connectivity index (χ3v) is 3.71. The van der Waals surface area contributed by atoms with Gasteiger partial charge < -0.3 is 14.8 Å². The molecule has 1 aromatic rings. The SMILES string of the molecule is CCNC(CSCCOC)c1ccccc1OC. The summed E-state index contributed by atoms with van der Waals surface area (Å²) >= 11 is 1.90. The number of rotatable bonds is 9. The Morgan fingerprint density at radius 2 is 2.06 bits per heavy atom. The number of ether oxygens (including phenoxy) is 2. The van der Waals surface area contributed by atoms with Crippen molar-refractivity contribution in [2.45, 2.75) is 13.0 Å². The van der Waals surface area contributed by atoms with Crippen molar-refractivity contribution in [3.05, 3.63) is 29.8 Å². The van der Waals surface area contributed by atoms with Gasteiger partial charge in [-0.25, -0.2) is 0 Å². The molecule has 0 amide bonds. The standard InChI is InChI=1S/C14H23NO2S/c1-4-15-13(11-18-10-9-16-2)12-7-5-6-8-14(12)17-3/h5-8,13,15H,4,9-11H2,1-3H3. The van der Waals surface area contributed by atoms with Crippen LogP contribution >= 0.6 is 11.8 Å². The summed E-state index contributed by atoms with van der Waals surface area (Å²) in [4.78, 5) is 0.